The molecule has 0 atom stereocenters. The number of esters is 1. The van der Waals surface area contributed by atoms with Gasteiger partial charge >= 0.3 is 5.97 Å². The Balaban J connectivity index is 2.56. The zero-order chi connectivity index (χ0) is 13.4. The minimum absolute atomic E-state index is 0.292. The first-order valence-corrected chi connectivity index (χ1v) is 5.72. The van der Waals surface area contributed by atoms with Gasteiger partial charge in [-0.1, -0.05) is 13.0 Å². The molecular formula is C14H16N2O2. The number of anilines is 1. The van der Waals surface area contributed by atoms with E-state index in [1.54, 1.807) is 12.1 Å². The van der Waals surface area contributed by atoms with Crippen LogP contribution in [0, 0.1) is 11.3 Å². The molecule has 0 unspecified atom stereocenters. The summed E-state index contributed by atoms with van der Waals surface area (Å²) in [6.45, 7) is 2.45. The molecule has 0 saturated heterocycles. The van der Waals surface area contributed by atoms with Crippen LogP contribution in [-0.4, -0.2) is 19.6 Å². The van der Waals surface area contributed by atoms with Crippen LogP contribution in [0.2, 0.25) is 0 Å². The Morgan fingerprint density at radius 3 is 2.61 bits per heavy atom. The molecule has 0 heterocycles. The van der Waals surface area contributed by atoms with Crippen molar-refractivity contribution in [3.8, 4) is 6.07 Å². The third-order valence-electron chi connectivity index (χ3n) is 2.50. The second-order valence-electron chi connectivity index (χ2n) is 3.64. The fourth-order valence-electron chi connectivity index (χ4n) is 1.46. The van der Waals surface area contributed by atoms with Crippen molar-refractivity contribution in [1.82, 2.24) is 0 Å². The molecule has 0 saturated carbocycles. The summed E-state index contributed by atoms with van der Waals surface area (Å²) in [7, 11) is 1.37. The maximum atomic E-state index is 11.3. The highest BCUT2D eigenvalue weighted by molar-refractivity contribution is 5.88. The van der Waals surface area contributed by atoms with Crippen LogP contribution >= 0.6 is 0 Å². The molecule has 1 aromatic carbocycles. The molecule has 18 heavy (non-hydrogen) atoms. The Hall–Kier alpha value is -2.28. The van der Waals surface area contributed by atoms with Gasteiger partial charge in [-0.2, -0.15) is 5.26 Å². The topological polar surface area (TPSA) is 62.1 Å². The molecule has 0 amide bonds. The van der Waals surface area contributed by atoms with Crippen LogP contribution in [0.5, 0.6) is 0 Å². The van der Waals surface area contributed by atoms with E-state index in [0.717, 1.165) is 5.69 Å². The molecule has 4 heteroatoms. The lowest BCUT2D eigenvalue weighted by Gasteiger charge is -2.05. The summed E-state index contributed by atoms with van der Waals surface area (Å²) >= 11 is 0. The number of hydrogen-bond acceptors (Lipinski definition) is 4. The quantitative estimate of drug-likeness (QED) is 0.638. The Labute approximate surface area is 107 Å². The van der Waals surface area contributed by atoms with Gasteiger partial charge in [0.1, 0.15) is 0 Å². The predicted molar refractivity (Wildman–Crippen MR) is 70.0 cm³/mol. The van der Waals surface area contributed by atoms with E-state index in [0.29, 0.717) is 24.1 Å². The lowest BCUT2D eigenvalue weighted by molar-refractivity contribution is -0.136. The van der Waals surface area contributed by atoms with E-state index in [4.69, 9.17) is 5.26 Å². The molecule has 0 fully saturated rings. The van der Waals surface area contributed by atoms with E-state index in [-0.39, 0.29) is 5.97 Å². The number of nitrogens with zero attached hydrogens (tertiary/aromatic N) is 1. The number of benzene rings is 1. The smallest absolute Gasteiger partial charge is 0.333 e. The first-order valence-electron chi connectivity index (χ1n) is 5.72. The number of nitriles is 1. The zero-order valence-electron chi connectivity index (χ0n) is 10.6. The van der Waals surface area contributed by atoms with Crippen LogP contribution in [0.3, 0.4) is 0 Å². The monoisotopic (exact) mass is 244 g/mol. The average molecular weight is 244 g/mol. The molecule has 0 aromatic heterocycles. The fraction of sp³-hybridized carbons (Fsp3) is 0.286. The van der Waals surface area contributed by atoms with Gasteiger partial charge in [-0.05, 0) is 30.7 Å². The number of carbonyl (C=O) groups is 1. The van der Waals surface area contributed by atoms with Gasteiger partial charge < -0.3 is 10.1 Å². The Morgan fingerprint density at radius 1 is 1.44 bits per heavy atom. The maximum absolute atomic E-state index is 11.3. The highest BCUT2D eigenvalue weighted by Crippen LogP contribution is 2.09. The Bertz CT molecular complexity index is 470. The van der Waals surface area contributed by atoms with Gasteiger partial charge in [-0.15, -0.1) is 0 Å². The predicted octanol–water partition coefficient (Wildman–Crippen LogP) is 2.48. The maximum Gasteiger partial charge on any atom is 0.333 e. The molecule has 0 bridgehead atoms. The Kier molecular flexibility index (Phi) is 5.46. The highest BCUT2D eigenvalue weighted by Gasteiger charge is 2.05. The highest BCUT2D eigenvalue weighted by atomic mass is 16.5. The first-order chi connectivity index (χ1) is 8.71. The van der Waals surface area contributed by atoms with E-state index in [1.165, 1.54) is 7.11 Å². The second-order valence-corrected chi connectivity index (χ2v) is 3.64. The van der Waals surface area contributed by atoms with E-state index in [9.17, 15) is 4.79 Å². The zero-order valence-corrected chi connectivity index (χ0v) is 10.6. The van der Waals surface area contributed by atoms with Crippen molar-refractivity contribution in [2.24, 2.45) is 0 Å². The third kappa shape index (κ3) is 3.95. The minimum Gasteiger partial charge on any atom is -0.466 e. The van der Waals surface area contributed by atoms with E-state index < -0.39 is 0 Å². The molecule has 0 aliphatic carbocycles. The fourth-order valence-corrected chi connectivity index (χ4v) is 1.46. The molecule has 94 valence electrons. The van der Waals surface area contributed by atoms with Gasteiger partial charge in [0.2, 0.25) is 0 Å². The van der Waals surface area contributed by atoms with Crippen molar-refractivity contribution in [3.05, 3.63) is 41.5 Å². The van der Waals surface area contributed by atoms with Crippen molar-refractivity contribution in [3.63, 3.8) is 0 Å². The Morgan fingerprint density at radius 2 is 2.11 bits per heavy atom. The van der Waals surface area contributed by atoms with Gasteiger partial charge in [0.25, 0.3) is 0 Å². The summed E-state index contributed by atoms with van der Waals surface area (Å²) in [6.07, 6.45) is 2.45. The molecule has 0 spiro atoms. The largest absolute Gasteiger partial charge is 0.466 e. The molecule has 0 aliphatic heterocycles. The average Bonchev–Trinajstić information content (AvgIpc) is 2.43. The summed E-state index contributed by atoms with van der Waals surface area (Å²) in [4.78, 5) is 11.3. The van der Waals surface area contributed by atoms with Gasteiger partial charge in [0.15, 0.2) is 0 Å². The lowest BCUT2D eigenvalue weighted by Crippen LogP contribution is -2.07. The van der Waals surface area contributed by atoms with Crippen LogP contribution in [0.4, 0.5) is 5.69 Å². The van der Waals surface area contributed by atoms with E-state index in [1.807, 2.05) is 25.1 Å². The van der Waals surface area contributed by atoms with Crippen molar-refractivity contribution in [2.45, 2.75) is 13.3 Å². The second kappa shape index (κ2) is 7.13. The summed E-state index contributed by atoms with van der Waals surface area (Å²) in [5.41, 5.74) is 2.18. The van der Waals surface area contributed by atoms with Gasteiger partial charge in [0, 0.05) is 17.8 Å². The number of methoxy groups -OCH3 is 1. The van der Waals surface area contributed by atoms with Crippen LogP contribution in [0.15, 0.2) is 35.9 Å². The number of nitrogens with one attached hydrogen (secondary N) is 1. The summed E-state index contributed by atoms with van der Waals surface area (Å²) in [6, 6.07) is 9.20. The number of rotatable bonds is 5. The minimum atomic E-state index is -0.292. The molecule has 0 aliphatic rings. The van der Waals surface area contributed by atoms with Crippen molar-refractivity contribution in [1.29, 1.82) is 5.26 Å². The van der Waals surface area contributed by atoms with E-state index >= 15 is 0 Å². The van der Waals surface area contributed by atoms with Crippen molar-refractivity contribution >= 4 is 11.7 Å². The molecular weight excluding hydrogens is 228 g/mol. The van der Waals surface area contributed by atoms with Crippen LogP contribution < -0.4 is 5.32 Å². The summed E-state index contributed by atoms with van der Waals surface area (Å²) in [5.74, 6) is -0.292. The molecule has 1 rings (SSSR count). The standard InChI is InChI=1S/C14H16N2O2/c1-3-12(14(17)18-2)8-9-16-13-6-4-11(10-15)5-7-13/h4-8,16H,3,9H2,1-2H3/b12-8-. The molecule has 0 radical (unpaired) electrons. The molecule has 1 N–H and O–H groups in total. The summed E-state index contributed by atoms with van der Waals surface area (Å²) < 4.78 is 4.67. The van der Waals surface area contributed by atoms with Gasteiger partial charge in [0.05, 0.1) is 18.7 Å². The normalized spacial score (nSPS) is 10.6. The third-order valence-corrected chi connectivity index (χ3v) is 2.50. The van der Waals surface area contributed by atoms with Crippen molar-refractivity contribution < 1.29 is 9.53 Å². The van der Waals surface area contributed by atoms with Crippen molar-refractivity contribution in [2.75, 3.05) is 19.0 Å². The SMILES string of the molecule is CC/C(=C/CNc1ccc(C#N)cc1)C(=O)OC. The number of hydrogen-bond donors (Lipinski definition) is 1. The van der Waals surface area contributed by atoms with E-state index in [2.05, 4.69) is 16.1 Å². The number of carbonyl (C=O) groups excluding carboxylic acids is 1. The lowest BCUT2D eigenvalue weighted by atomic mass is 10.2. The number of ether oxygens (including phenoxy) is 1. The molecule has 4 nitrogen and oxygen atoms in total. The van der Waals surface area contributed by atoms with Gasteiger partial charge in [-0.3, -0.25) is 0 Å². The first kappa shape index (κ1) is 13.8. The van der Waals surface area contributed by atoms with Crippen LogP contribution in [0.1, 0.15) is 18.9 Å². The summed E-state index contributed by atoms with van der Waals surface area (Å²) in [5, 5.41) is 11.8. The van der Waals surface area contributed by atoms with Gasteiger partial charge in [-0.25, -0.2) is 4.79 Å². The van der Waals surface area contributed by atoms with Crippen LogP contribution in [0.25, 0.3) is 0 Å². The molecule has 1 aromatic rings. The van der Waals surface area contributed by atoms with Crippen LogP contribution in [-0.2, 0) is 9.53 Å².